The van der Waals surface area contributed by atoms with E-state index in [0.717, 1.165) is 11.1 Å². The van der Waals surface area contributed by atoms with Crippen molar-refractivity contribution in [3.05, 3.63) is 89.9 Å². The summed E-state index contributed by atoms with van der Waals surface area (Å²) in [5, 5.41) is 6.06. The predicted octanol–water partition coefficient (Wildman–Crippen LogP) is 3.02. The highest BCUT2D eigenvalue weighted by Crippen LogP contribution is 2.07. The molecule has 0 bridgehead atoms. The molecule has 120 valence electrons. The second-order valence-electron chi connectivity index (χ2n) is 5.30. The highest BCUT2D eigenvalue weighted by Gasteiger charge is 2.08. The van der Waals surface area contributed by atoms with Crippen LogP contribution in [0.4, 0.5) is 5.82 Å². The molecule has 0 aliphatic rings. The van der Waals surface area contributed by atoms with Crippen molar-refractivity contribution in [2.75, 3.05) is 5.32 Å². The van der Waals surface area contributed by atoms with Crippen LogP contribution in [0.2, 0.25) is 0 Å². The summed E-state index contributed by atoms with van der Waals surface area (Å²) in [6, 6.07) is 21.4. The van der Waals surface area contributed by atoms with Gasteiger partial charge in [-0.3, -0.25) is 4.79 Å². The lowest BCUT2D eigenvalue weighted by atomic mass is 10.2. The van der Waals surface area contributed by atoms with Crippen LogP contribution in [0.3, 0.4) is 0 Å². The Morgan fingerprint density at radius 3 is 2.12 bits per heavy atom. The zero-order chi connectivity index (χ0) is 16.6. The number of hydrogen-bond donors (Lipinski definition) is 2. The molecule has 2 aromatic carbocycles. The van der Waals surface area contributed by atoms with E-state index in [4.69, 9.17) is 0 Å². The molecule has 24 heavy (non-hydrogen) atoms. The smallest absolute Gasteiger partial charge is 0.270 e. The van der Waals surface area contributed by atoms with Crippen LogP contribution >= 0.6 is 0 Å². The average Bonchev–Trinajstić information content (AvgIpc) is 2.66. The number of nitrogens with one attached hydrogen (secondary N) is 2. The summed E-state index contributed by atoms with van der Waals surface area (Å²) >= 11 is 0. The van der Waals surface area contributed by atoms with E-state index in [9.17, 15) is 4.79 Å². The van der Waals surface area contributed by atoms with Crippen molar-refractivity contribution in [2.24, 2.45) is 0 Å². The lowest BCUT2D eigenvalue weighted by Crippen LogP contribution is -2.24. The van der Waals surface area contributed by atoms with E-state index in [0.29, 0.717) is 24.6 Å². The summed E-state index contributed by atoms with van der Waals surface area (Å²) in [7, 11) is 0. The highest BCUT2D eigenvalue weighted by atomic mass is 16.1. The van der Waals surface area contributed by atoms with Crippen LogP contribution in [0.5, 0.6) is 0 Å². The van der Waals surface area contributed by atoms with Crippen molar-refractivity contribution >= 4 is 11.7 Å². The molecule has 0 unspecified atom stereocenters. The van der Waals surface area contributed by atoms with Gasteiger partial charge < -0.3 is 10.6 Å². The fourth-order valence-electron chi connectivity index (χ4n) is 2.24. The molecule has 1 aromatic heterocycles. The third-order valence-electron chi connectivity index (χ3n) is 3.51. The summed E-state index contributed by atoms with van der Waals surface area (Å²) in [5.74, 6) is 0.405. The molecule has 2 N–H and O–H groups in total. The normalized spacial score (nSPS) is 10.2. The molecule has 3 rings (SSSR count). The van der Waals surface area contributed by atoms with Crippen molar-refractivity contribution in [3.8, 4) is 0 Å². The quantitative estimate of drug-likeness (QED) is 0.733. The molecule has 5 nitrogen and oxygen atoms in total. The standard InChI is InChI=1S/C19H18N4O/c24-19(21-13-16-9-5-2-6-10-16)17-11-18(23-14-22-17)20-12-15-7-3-1-4-8-15/h1-11,14H,12-13H2,(H,21,24)(H,20,22,23). The second kappa shape index (κ2) is 7.87. The molecular weight excluding hydrogens is 300 g/mol. The SMILES string of the molecule is O=C(NCc1ccccc1)c1cc(NCc2ccccc2)ncn1. The topological polar surface area (TPSA) is 66.9 Å². The lowest BCUT2D eigenvalue weighted by Gasteiger charge is -2.08. The van der Waals surface area contributed by atoms with Crippen LogP contribution in [-0.4, -0.2) is 15.9 Å². The van der Waals surface area contributed by atoms with Gasteiger partial charge in [0.2, 0.25) is 0 Å². The molecule has 1 amide bonds. The number of rotatable bonds is 6. The number of hydrogen-bond acceptors (Lipinski definition) is 4. The second-order valence-corrected chi connectivity index (χ2v) is 5.30. The number of amides is 1. The van der Waals surface area contributed by atoms with Crippen LogP contribution in [-0.2, 0) is 13.1 Å². The third kappa shape index (κ3) is 4.39. The number of aromatic nitrogens is 2. The first-order chi connectivity index (χ1) is 11.8. The minimum Gasteiger partial charge on any atom is -0.366 e. The van der Waals surface area contributed by atoms with Gasteiger partial charge >= 0.3 is 0 Å². The number of carbonyl (C=O) groups excluding carboxylic acids is 1. The predicted molar refractivity (Wildman–Crippen MR) is 93.4 cm³/mol. The van der Waals surface area contributed by atoms with E-state index < -0.39 is 0 Å². The molecule has 0 aliphatic heterocycles. The van der Waals surface area contributed by atoms with Crippen LogP contribution in [0.25, 0.3) is 0 Å². The zero-order valence-electron chi connectivity index (χ0n) is 13.1. The lowest BCUT2D eigenvalue weighted by molar-refractivity contribution is 0.0946. The largest absolute Gasteiger partial charge is 0.366 e. The fourth-order valence-corrected chi connectivity index (χ4v) is 2.24. The van der Waals surface area contributed by atoms with Crippen LogP contribution in [0, 0.1) is 0 Å². The highest BCUT2D eigenvalue weighted by molar-refractivity contribution is 5.92. The van der Waals surface area contributed by atoms with Gasteiger partial charge in [-0.1, -0.05) is 60.7 Å². The molecule has 3 aromatic rings. The molecule has 1 heterocycles. The minimum atomic E-state index is -0.219. The molecule has 0 atom stereocenters. The molecule has 5 heteroatoms. The van der Waals surface area contributed by atoms with Gasteiger partial charge in [-0.25, -0.2) is 9.97 Å². The van der Waals surface area contributed by atoms with Gasteiger partial charge in [-0.05, 0) is 11.1 Å². The van der Waals surface area contributed by atoms with E-state index in [1.54, 1.807) is 6.07 Å². The first kappa shape index (κ1) is 15.7. The van der Waals surface area contributed by atoms with Gasteiger partial charge in [-0.15, -0.1) is 0 Å². The van der Waals surface area contributed by atoms with Gasteiger partial charge in [0.05, 0.1) is 0 Å². The molecular formula is C19H18N4O. The monoisotopic (exact) mass is 318 g/mol. The Labute approximate surface area is 140 Å². The first-order valence-corrected chi connectivity index (χ1v) is 7.73. The molecule has 0 spiro atoms. The van der Waals surface area contributed by atoms with Crippen molar-refractivity contribution in [1.29, 1.82) is 0 Å². The maximum absolute atomic E-state index is 12.2. The summed E-state index contributed by atoms with van der Waals surface area (Å²) in [4.78, 5) is 20.4. The fraction of sp³-hybridized carbons (Fsp3) is 0.105. The molecule has 0 radical (unpaired) electrons. The van der Waals surface area contributed by atoms with Crippen LogP contribution < -0.4 is 10.6 Å². The summed E-state index contributed by atoms with van der Waals surface area (Å²) in [6.07, 6.45) is 1.39. The van der Waals surface area contributed by atoms with Gasteiger partial charge in [0, 0.05) is 19.2 Å². The minimum absolute atomic E-state index is 0.219. The van der Waals surface area contributed by atoms with Gasteiger partial charge in [0.25, 0.3) is 5.91 Å². The summed E-state index contributed by atoms with van der Waals surface area (Å²) < 4.78 is 0. The van der Waals surface area contributed by atoms with Crippen molar-refractivity contribution < 1.29 is 4.79 Å². The summed E-state index contributed by atoms with van der Waals surface area (Å²) in [6.45, 7) is 1.11. The van der Waals surface area contributed by atoms with Gasteiger partial charge in [0.1, 0.15) is 17.8 Å². The zero-order valence-corrected chi connectivity index (χ0v) is 13.1. The van der Waals surface area contributed by atoms with Crippen LogP contribution in [0.1, 0.15) is 21.6 Å². The number of anilines is 1. The Morgan fingerprint density at radius 1 is 0.833 bits per heavy atom. The number of nitrogens with zero attached hydrogens (tertiary/aromatic N) is 2. The van der Waals surface area contributed by atoms with E-state index in [2.05, 4.69) is 20.6 Å². The Balaban J connectivity index is 1.59. The Bertz CT molecular complexity index is 791. The number of carbonyl (C=O) groups is 1. The van der Waals surface area contributed by atoms with E-state index in [1.165, 1.54) is 6.33 Å². The third-order valence-corrected chi connectivity index (χ3v) is 3.51. The average molecular weight is 318 g/mol. The molecule has 0 saturated heterocycles. The Hall–Kier alpha value is -3.21. The van der Waals surface area contributed by atoms with E-state index >= 15 is 0 Å². The van der Waals surface area contributed by atoms with Gasteiger partial charge in [-0.2, -0.15) is 0 Å². The van der Waals surface area contributed by atoms with Crippen molar-refractivity contribution in [1.82, 2.24) is 15.3 Å². The van der Waals surface area contributed by atoms with Crippen molar-refractivity contribution in [3.63, 3.8) is 0 Å². The van der Waals surface area contributed by atoms with E-state index in [-0.39, 0.29) is 5.91 Å². The first-order valence-electron chi connectivity index (χ1n) is 7.73. The van der Waals surface area contributed by atoms with Gasteiger partial charge in [0.15, 0.2) is 0 Å². The maximum Gasteiger partial charge on any atom is 0.270 e. The molecule has 0 aliphatic carbocycles. The summed E-state index contributed by atoms with van der Waals surface area (Å²) in [5.41, 5.74) is 2.53. The van der Waals surface area contributed by atoms with Crippen molar-refractivity contribution in [2.45, 2.75) is 13.1 Å². The molecule has 0 saturated carbocycles. The Kier molecular flexibility index (Phi) is 5.14. The number of benzene rings is 2. The Morgan fingerprint density at radius 2 is 1.46 bits per heavy atom. The van der Waals surface area contributed by atoms with E-state index in [1.807, 2.05) is 60.7 Å². The maximum atomic E-state index is 12.2. The molecule has 0 fully saturated rings. The van der Waals surface area contributed by atoms with Crippen LogP contribution in [0.15, 0.2) is 73.1 Å².